The Kier molecular flexibility index (Phi) is 6.79. The van der Waals surface area contributed by atoms with Crippen LogP contribution in [0.3, 0.4) is 0 Å². The number of hydrogen-bond donors (Lipinski definition) is 2. The number of nitrogens with zero attached hydrogens (tertiary/aromatic N) is 1. The van der Waals surface area contributed by atoms with Gasteiger partial charge in [0.1, 0.15) is 12.4 Å². The number of benzene rings is 4. The molecule has 0 fully saturated rings. The fourth-order valence-electron chi connectivity index (χ4n) is 3.68. The van der Waals surface area contributed by atoms with Crippen LogP contribution in [0.25, 0.3) is 22.0 Å². The van der Waals surface area contributed by atoms with Gasteiger partial charge in [0.15, 0.2) is 10.2 Å². The Balaban J connectivity index is 1.22. The Labute approximate surface area is 212 Å². The van der Waals surface area contributed by atoms with Crippen molar-refractivity contribution < 1.29 is 9.53 Å². The molecule has 0 bridgehead atoms. The number of rotatable bonds is 6. The van der Waals surface area contributed by atoms with Gasteiger partial charge >= 0.3 is 0 Å². The first-order valence-electron chi connectivity index (χ1n) is 11.0. The predicted octanol–water partition coefficient (Wildman–Crippen LogP) is 6.67. The molecule has 172 valence electrons. The molecule has 0 unspecified atom stereocenters. The third kappa shape index (κ3) is 5.54. The van der Waals surface area contributed by atoms with Gasteiger partial charge in [0.05, 0.1) is 5.69 Å². The zero-order valence-corrected chi connectivity index (χ0v) is 20.2. The second kappa shape index (κ2) is 10.5. The lowest BCUT2D eigenvalue weighted by Crippen LogP contribution is -2.34. The third-order valence-electron chi connectivity index (χ3n) is 5.36. The molecule has 0 aliphatic rings. The lowest BCUT2D eigenvalue weighted by atomic mass is 10.0. The van der Waals surface area contributed by atoms with E-state index in [0.29, 0.717) is 23.1 Å². The van der Waals surface area contributed by atoms with Gasteiger partial charge in [-0.2, -0.15) is 0 Å². The molecule has 0 aliphatic heterocycles. The van der Waals surface area contributed by atoms with Crippen molar-refractivity contribution in [2.24, 2.45) is 0 Å². The summed E-state index contributed by atoms with van der Waals surface area (Å²) in [7, 11) is 0. The van der Waals surface area contributed by atoms with Crippen LogP contribution in [0, 0.1) is 0 Å². The number of carbonyl (C=O) groups excluding carboxylic acids is 1. The average molecular weight is 496 g/mol. The Hall–Kier alpha value is -4.07. The van der Waals surface area contributed by atoms with Crippen molar-refractivity contribution in [2.45, 2.75) is 6.61 Å². The molecule has 0 aliphatic carbocycles. The van der Waals surface area contributed by atoms with Gasteiger partial charge in [-0.25, -0.2) is 4.98 Å². The van der Waals surface area contributed by atoms with Crippen molar-refractivity contribution in [2.75, 3.05) is 5.32 Å². The van der Waals surface area contributed by atoms with Crippen LogP contribution in [0.1, 0.15) is 15.9 Å². The van der Waals surface area contributed by atoms with Gasteiger partial charge in [-0.1, -0.05) is 78.9 Å². The van der Waals surface area contributed by atoms with Crippen molar-refractivity contribution in [3.8, 4) is 17.0 Å². The summed E-state index contributed by atoms with van der Waals surface area (Å²) in [5, 5.41) is 10.8. The fraction of sp³-hybridized carbons (Fsp3) is 0.0357. The number of thiocarbonyl (C=S) groups is 1. The number of anilines is 1. The highest BCUT2D eigenvalue weighted by Gasteiger charge is 2.12. The Morgan fingerprint density at radius 1 is 0.914 bits per heavy atom. The number of fused-ring (bicyclic) bond motifs is 1. The van der Waals surface area contributed by atoms with E-state index in [0.717, 1.165) is 27.6 Å². The molecule has 0 saturated carbocycles. The molecule has 7 heteroatoms. The second-order valence-electron chi connectivity index (χ2n) is 7.77. The summed E-state index contributed by atoms with van der Waals surface area (Å²) in [5.41, 5.74) is 3.41. The van der Waals surface area contributed by atoms with Gasteiger partial charge < -0.3 is 10.1 Å². The van der Waals surface area contributed by atoms with Crippen LogP contribution in [0.2, 0.25) is 0 Å². The first-order valence-corrected chi connectivity index (χ1v) is 12.3. The van der Waals surface area contributed by atoms with E-state index in [1.807, 2.05) is 66.0 Å². The zero-order chi connectivity index (χ0) is 24.0. The van der Waals surface area contributed by atoms with E-state index in [1.165, 1.54) is 11.3 Å². The Morgan fingerprint density at radius 2 is 1.69 bits per heavy atom. The number of carbonyl (C=O) groups is 1. The molecule has 1 amide bonds. The minimum atomic E-state index is -0.321. The largest absolute Gasteiger partial charge is 0.489 e. The van der Waals surface area contributed by atoms with Crippen molar-refractivity contribution in [1.82, 2.24) is 10.3 Å². The van der Waals surface area contributed by atoms with Crippen LogP contribution in [-0.4, -0.2) is 16.0 Å². The smallest absolute Gasteiger partial charge is 0.257 e. The number of ether oxygens (including phenoxy) is 1. The molecule has 1 heterocycles. The van der Waals surface area contributed by atoms with Crippen molar-refractivity contribution in [3.63, 3.8) is 0 Å². The standard InChI is InChI=1S/C28H21N3O2S2/c32-26(21-12-6-13-22(16-21)33-17-19-8-2-1-3-9-19)30-27(34)31-28-29-25(18-35-28)24-15-7-11-20-10-4-5-14-23(20)24/h1-16,18H,17H2,(H2,29,30,31,32,34). The van der Waals surface area contributed by atoms with E-state index < -0.39 is 0 Å². The summed E-state index contributed by atoms with van der Waals surface area (Å²) < 4.78 is 5.82. The van der Waals surface area contributed by atoms with E-state index in [1.54, 1.807) is 18.2 Å². The van der Waals surface area contributed by atoms with Crippen LogP contribution in [0.5, 0.6) is 5.75 Å². The summed E-state index contributed by atoms with van der Waals surface area (Å²) in [5.74, 6) is 0.290. The van der Waals surface area contributed by atoms with Gasteiger partial charge in [0, 0.05) is 16.5 Å². The molecule has 5 aromatic rings. The second-order valence-corrected chi connectivity index (χ2v) is 9.04. The molecule has 4 aromatic carbocycles. The van der Waals surface area contributed by atoms with Crippen LogP contribution in [-0.2, 0) is 6.61 Å². The maximum absolute atomic E-state index is 12.7. The van der Waals surface area contributed by atoms with Gasteiger partial charge in [0.2, 0.25) is 0 Å². The summed E-state index contributed by atoms with van der Waals surface area (Å²) in [6, 6.07) is 31.2. The van der Waals surface area contributed by atoms with Gasteiger partial charge in [-0.15, -0.1) is 11.3 Å². The number of nitrogens with one attached hydrogen (secondary N) is 2. The van der Waals surface area contributed by atoms with E-state index in [2.05, 4.69) is 33.8 Å². The first kappa shape index (κ1) is 22.7. The summed E-state index contributed by atoms with van der Waals surface area (Å²) in [4.78, 5) is 17.4. The predicted molar refractivity (Wildman–Crippen MR) is 146 cm³/mol. The number of hydrogen-bond acceptors (Lipinski definition) is 5. The van der Waals surface area contributed by atoms with Crippen LogP contribution < -0.4 is 15.4 Å². The van der Waals surface area contributed by atoms with Crippen LogP contribution in [0.4, 0.5) is 5.13 Å². The van der Waals surface area contributed by atoms with Gasteiger partial charge in [0.25, 0.3) is 5.91 Å². The van der Waals surface area contributed by atoms with E-state index in [-0.39, 0.29) is 11.0 Å². The molecule has 0 radical (unpaired) electrons. The third-order valence-corrected chi connectivity index (χ3v) is 6.32. The molecule has 0 spiro atoms. The monoisotopic (exact) mass is 495 g/mol. The maximum Gasteiger partial charge on any atom is 0.257 e. The highest BCUT2D eigenvalue weighted by Crippen LogP contribution is 2.31. The Morgan fingerprint density at radius 3 is 2.57 bits per heavy atom. The van der Waals surface area contributed by atoms with E-state index in [4.69, 9.17) is 17.0 Å². The summed E-state index contributed by atoms with van der Waals surface area (Å²) in [6.07, 6.45) is 0. The van der Waals surface area contributed by atoms with Gasteiger partial charge in [-0.05, 0) is 46.8 Å². The summed E-state index contributed by atoms with van der Waals surface area (Å²) in [6.45, 7) is 0.426. The van der Waals surface area contributed by atoms with Gasteiger partial charge in [-0.3, -0.25) is 10.1 Å². The zero-order valence-electron chi connectivity index (χ0n) is 18.6. The number of thiazole rings is 1. The van der Waals surface area contributed by atoms with Crippen LogP contribution in [0.15, 0.2) is 102 Å². The molecule has 5 rings (SSSR count). The molecule has 0 saturated heterocycles. The van der Waals surface area contributed by atoms with Crippen molar-refractivity contribution >= 4 is 50.5 Å². The molecular weight excluding hydrogens is 474 g/mol. The maximum atomic E-state index is 12.7. The molecule has 0 atom stereocenters. The van der Waals surface area contributed by atoms with Crippen molar-refractivity contribution in [3.05, 3.63) is 114 Å². The normalized spacial score (nSPS) is 10.6. The quantitative estimate of drug-likeness (QED) is 0.258. The number of amides is 1. The minimum Gasteiger partial charge on any atom is -0.489 e. The van der Waals surface area contributed by atoms with E-state index in [9.17, 15) is 4.79 Å². The molecular formula is C28H21N3O2S2. The first-order chi connectivity index (χ1) is 17.2. The average Bonchev–Trinajstić information content (AvgIpc) is 3.36. The highest BCUT2D eigenvalue weighted by molar-refractivity contribution is 7.80. The van der Waals surface area contributed by atoms with E-state index >= 15 is 0 Å². The lowest BCUT2D eigenvalue weighted by molar-refractivity contribution is 0.0977. The minimum absolute atomic E-state index is 0.185. The lowest BCUT2D eigenvalue weighted by Gasteiger charge is -2.10. The molecule has 2 N–H and O–H groups in total. The fourth-order valence-corrected chi connectivity index (χ4v) is 4.64. The van der Waals surface area contributed by atoms with Crippen LogP contribution >= 0.6 is 23.6 Å². The molecule has 5 nitrogen and oxygen atoms in total. The van der Waals surface area contributed by atoms with Crippen molar-refractivity contribution in [1.29, 1.82) is 0 Å². The molecule has 35 heavy (non-hydrogen) atoms. The SMILES string of the molecule is O=C(NC(=S)Nc1nc(-c2cccc3ccccc23)cs1)c1cccc(OCc2ccccc2)c1. The molecule has 1 aromatic heterocycles. The topological polar surface area (TPSA) is 63.2 Å². The number of aromatic nitrogens is 1. The highest BCUT2D eigenvalue weighted by atomic mass is 32.1. The summed E-state index contributed by atoms with van der Waals surface area (Å²) >= 11 is 6.79. The Bertz CT molecular complexity index is 1490.